The first kappa shape index (κ1) is 14.9. The number of aromatic carboxylic acids is 1. The van der Waals surface area contributed by atoms with E-state index < -0.39 is 5.97 Å². The minimum atomic E-state index is -0.934. The number of carboxylic acids is 1. The summed E-state index contributed by atoms with van der Waals surface area (Å²) in [5.41, 5.74) is 2.07. The number of aryl methyl sites for hydroxylation is 1. The highest BCUT2D eigenvalue weighted by Gasteiger charge is 2.07. The van der Waals surface area contributed by atoms with Crippen molar-refractivity contribution in [1.82, 2.24) is 0 Å². The van der Waals surface area contributed by atoms with Crippen LogP contribution in [0.3, 0.4) is 0 Å². The van der Waals surface area contributed by atoms with E-state index in [1.165, 1.54) is 0 Å². The molecule has 0 radical (unpaired) electrons. The molecule has 0 saturated heterocycles. The highest BCUT2D eigenvalue weighted by atomic mass is 79.9. The van der Waals surface area contributed by atoms with E-state index in [1.54, 1.807) is 30.3 Å². The lowest BCUT2D eigenvalue weighted by atomic mass is 10.1. The molecule has 0 unspecified atom stereocenters. The van der Waals surface area contributed by atoms with Crippen molar-refractivity contribution < 1.29 is 14.6 Å². The second-order valence-corrected chi connectivity index (χ2v) is 5.63. The lowest BCUT2D eigenvalue weighted by molar-refractivity contribution is 0.0696. The number of hydrogen-bond donors (Lipinski definition) is 1. The molecule has 0 atom stereocenters. The third kappa shape index (κ3) is 3.52. The van der Waals surface area contributed by atoms with Crippen LogP contribution in [0.1, 0.15) is 21.5 Å². The zero-order chi connectivity index (χ0) is 14.7. The highest BCUT2D eigenvalue weighted by Crippen LogP contribution is 2.28. The number of rotatable bonds is 4. The fourth-order valence-electron chi connectivity index (χ4n) is 1.74. The molecule has 104 valence electrons. The van der Waals surface area contributed by atoms with Gasteiger partial charge in [-0.1, -0.05) is 33.6 Å². The number of carboxylic acid groups (broad SMARTS) is 1. The van der Waals surface area contributed by atoms with E-state index >= 15 is 0 Å². The lowest BCUT2D eigenvalue weighted by Crippen LogP contribution is -2.02. The van der Waals surface area contributed by atoms with Gasteiger partial charge in [0.2, 0.25) is 0 Å². The monoisotopic (exact) mass is 354 g/mol. The molecule has 3 nitrogen and oxygen atoms in total. The maximum absolute atomic E-state index is 10.9. The number of halogens is 2. The Kier molecular flexibility index (Phi) is 4.68. The summed E-state index contributed by atoms with van der Waals surface area (Å²) in [5, 5.41) is 9.44. The van der Waals surface area contributed by atoms with E-state index in [-0.39, 0.29) is 5.56 Å². The van der Waals surface area contributed by atoms with Crippen LogP contribution in [-0.2, 0) is 6.61 Å². The predicted molar refractivity (Wildman–Crippen MR) is 81.6 cm³/mol. The number of ether oxygens (including phenoxy) is 1. The van der Waals surface area contributed by atoms with Gasteiger partial charge in [0, 0.05) is 4.47 Å². The summed E-state index contributed by atoms with van der Waals surface area (Å²) in [6.07, 6.45) is 0. The van der Waals surface area contributed by atoms with E-state index in [2.05, 4.69) is 15.9 Å². The van der Waals surface area contributed by atoms with Crippen molar-refractivity contribution in [2.24, 2.45) is 0 Å². The smallest absolute Gasteiger partial charge is 0.335 e. The van der Waals surface area contributed by atoms with E-state index in [1.807, 2.05) is 13.0 Å². The fraction of sp³-hybridized carbons (Fsp3) is 0.133. The summed E-state index contributed by atoms with van der Waals surface area (Å²) in [5.74, 6) is -0.340. The van der Waals surface area contributed by atoms with Gasteiger partial charge in [0.25, 0.3) is 0 Å². The molecule has 0 bridgehead atoms. The van der Waals surface area contributed by atoms with Gasteiger partial charge >= 0.3 is 5.97 Å². The van der Waals surface area contributed by atoms with Crippen molar-refractivity contribution in [2.75, 3.05) is 0 Å². The van der Waals surface area contributed by atoms with Crippen LogP contribution >= 0.6 is 27.5 Å². The molecule has 0 aliphatic rings. The molecular weight excluding hydrogens is 344 g/mol. The predicted octanol–water partition coefficient (Wildman–Crippen LogP) is 4.69. The number of hydrogen-bond acceptors (Lipinski definition) is 2. The van der Waals surface area contributed by atoms with Crippen LogP contribution in [-0.4, -0.2) is 11.1 Å². The molecule has 2 aromatic rings. The van der Waals surface area contributed by atoms with Crippen LogP contribution in [0, 0.1) is 6.92 Å². The molecule has 0 spiro atoms. The highest BCUT2D eigenvalue weighted by molar-refractivity contribution is 9.10. The summed E-state index contributed by atoms with van der Waals surface area (Å²) in [6.45, 7) is 2.20. The van der Waals surface area contributed by atoms with Crippen LogP contribution in [0.15, 0.2) is 40.9 Å². The van der Waals surface area contributed by atoms with E-state index in [9.17, 15) is 4.79 Å². The van der Waals surface area contributed by atoms with Crippen LogP contribution in [0.2, 0.25) is 5.02 Å². The Bertz CT molecular complexity index is 656. The van der Waals surface area contributed by atoms with Gasteiger partial charge in [-0.05, 0) is 48.4 Å². The van der Waals surface area contributed by atoms with Gasteiger partial charge in [-0.3, -0.25) is 0 Å². The second-order valence-electron chi connectivity index (χ2n) is 4.31. The minimum absolute atomic E-state index is 0.271. The summed E-state index contributed by atoms with van der Waals surface area (Å²) in [7, 11) is 0. The van der Waals surface area contributed by atoms with Gasteiger partial charge in [-0.25, -0.2) is 4.79 Å². The Morgan fingerprint density at radius 2 is 2.05 bits per heavy atom. The lowest BCUT2D eigenvalue weighted by Gasteiger charge is -2.11. The molecule has 0 aliphatic heterocycles. The molecule has 0 amide bonds. The molecule has 2 aromatic carbocycles. The quantitative estimate of drug-likeness (QED) is 0.865. The Labute approximate surface area is 130 Å². The SMILES string of the molecule is Cc1cc(C(=O)O)ccc1COc1ccc(Br)cc1Cl. The first-order valence-corrected chi connectivity index (χ1v) is 7.05. The molecule has 0 fully saturated rings. The number of carbonyl (C=O) groups is 1. The third-order valence-corrected chi connectivity index (χ3v) is 3.66. The Morgan fingerprint density at radius 1 is 1.30 bits per heavy atom. The van der Waals surface area contributed by atoms with Gasteiger partial charge in [0.1, 0.15) is 12.4 Å². The molecule has 0 heterocycles. The average molecular weight is 356 g/mol. The normalized spacial score (nSPS) is 10.3. The minimum Gasteiger partial charge on any atom is -0.487 e. The second kappa shape index (κ2) is 6.29. The average Bonchev–Trinajstić information content (AvgIpc) is 2.38. The molecule has 0 saturated carbocycles. The van der Waals surface area contributed by atoms with E-state index in [0.717, 1.165) is 15.6 Å². The van der Waals surface area contributed by atoms with Crippen molar-refractivity contribution in [1.29, 1.82) is 0 Å². The zero-order valence-corrected chi connectivity index (χ0v) is 13.0. The first-order valence-electron chi connectivity index (χ1n) is 5.88. The van der Waals surface area contributed by atoms with Crippen LogP contribution in [0.25, 0.3) is 0 Å². The van der Waals surface area contributed by atoms with Crippen LogP contribution < -0.4 is 4.74 Å². The Balaban J connectivity index is 2.13. The van der Waals surface area contributed by atoms with Gasteiger partial charge in [0.05, 0.1) is 10.6 Å². The van der Waals surface area contributed by atoms with E-state index in [0.29, 0.717) is 17.4 Å². The molecule has 0 aliphatic carbocycles. The molecular formula is C15H12BrClO3. The maximum atomic E-state index is 10.9. The molecule has 5 heteroatoms. The van der Waals surface area contributed by atoms with Gasteiger partial charge < -0.3 is 9.84 Å². The third-order valence-electron chi connectivity index (χ3n) is 2.87. The van der Waals surface area contributed by atoms with Gasteiger partial charge in [0.15, 0.2) is 0 Å². The summed E-state index contributed by atoms with van der Waals surface area (Å²) in [4.78, 5) is 10.9. The Morgan fingerprint density at radius 3 is 2.65 bits per heavy atom. The van der Waals surface area contributed by atoms with Crippen molar-refractivity contribution in [2.45, 2.75) is 13.5 Å². The van der Waals surface area contributed by atoms with Crippen molar-refractivity contribution in [3.8, 4) is 5.75 Å². The molecule has 1 N–H and O–H groups in total. The largest absolute Gasteiger partial charge is 0.487 e. The van der Waals surface area contributed by atoms with E-state index in [4.69, 9.17) is 21.4 Å². The zero-order valence-electron chi connectivity index (χ0n) is 10.7. The number of benzene rings is 2. The fourth-order valence-corrected chi connectivity index (χ4v) is 2.47. The summed E-state index contributed by atoms with van der Waals surface area (Å²) < 4.78 is 6.54. The molecule has 0 aromatic heterocycles. The first-order chi connectivity index (χ1) is 9.47. The van der Waals surface area contributed by atoms with Crippen molar-refractivity contribution >= 4 is 33.5 Å². The summed E-state index contributed by atoms with van der Waals surface area (Å²) in [6, 6.07) is 10.3. The van der Waals surface area contributed by atoms with Crippen molar-refractivity contribution in [3.63, 3.8) is 0 Å². The van der Waals surface area contributed by atoms with Crippen LogP contribution in [0.4, 0.5) is 0 Å². The topological polar surface area (TPSA) is 46.5 Å². The molecule has 2 rings (SSSR count). The molecule has 20 heavy (non-hydrogen) atoms. The Hall–Kier alpha value is -1.52. The standard InChI is InChI=1S/C15H12BrClO3/c1-9-6-10(15(18)19)2-3-11(9)8-20-14-5-4-12(16)7-13(14)17/h2-7H,8H2,1H3,(H,18,19). The van der Waals surface area contributed by atoms with Gasteiger partial charge in [-0.2, -0.15) is 0 Å². The summed E-state index contributed by atoms with van der Waals surface area (Å²) >= 11 is 9.40. The van der Waals surface area contributed by atoms with Crippen LogP contribution in [0.5, 0.6) is 5.75 Å². The maximum Gasteiger partial charge on any atom is 0.335 e. The van der Waals surface area contributed by atoms with Gasteiger partial charge in [-0.15, -0.1) is 0 Å². The van der Waals surface area contributed by atoms with Crippen molar-refractivity contribution in [3.05, 3.63) is 62.6 Å².